The van der Waals surface area contributed by atoms with Crippen LogP contribution in [-0.4, -0.2) is 30.5 Å². The lowest BCUT2D eigenvalue weighted by molar-refractivity contribution is -0.137. The Morgan fingerprint density at radius 1 is 1.16 bits per heavy atom. The SMILES string of the molecule is CN(CC1Cc2ccccc2CO1)C(=O)c1cccc(C(F)(F)F)c1. The number of rotatable bonds is 3. The maximum absolute atomic E-state index is 12.8. The number of nitrogens with zero attached hydrogens (tertiary/aromatic N) is 1. The first kappa shape index (κ1) is 17.5. The van der Waals surface area contributed by atoms with Crippen LogP contribution in [0.15, 0.2) is 48.5 Å². The van der Waals surface area contributed by atoms with E-state index in [0.717, 1.165) is 17.7 Å². The quantitative estimate of drug-likeness (QED) is 0.841. The Morgan fingerprint density at radius 2 is 1.88 bits per heavy atom. The number of carbonyl (C=O) groups excluding carboxylic acids is 1. The van der Waals surface area contributed by atoms with Crippen molar-refractivity contribution < 1.29 is 22.7 Å². The van der Waals surface area contributed by atoms with E-state index in [2.05, 4.69) is 0 Å². The van der Waals surface area contributed by atoms with Crippen LogP contribution in [0.25, 0.3) is 0 Å². The van der Waals surface area contributed by atoms with E-state index in [4.69, 9.17) is 4.74 Å². The fourth-order valence-corrected chi connectivity index (χ4v) is 2.96. The first-order chi connectivity index (χ1) is 11.8. The molecule has 1 amide bonds. The number of ether oxygens (including phenoxy) is 1. The second-order valence-electron chi connectivity index (χ2n) is 6.17. The predicted molar refractivity (Wildman–Crippen MR) is 87.1 cm³/mol. The van der Waals surface area contributed by atoms with Crippen LogP contribution in [0, 0.1) is 0 Å². The summed E-state index contributed by atoms with van der Waals surface area (Å²) in [4.78, 5) is 13.9. The molecular formula is C19H18F3NO2. The van der Waals surface area contributed by atoms with E-state index in [1.165, 1.54) is 22.6 Å². The molecule has 0 fully saturated rings. The average molecular weight is 349 g/mol. The number of alkyl halides is 3. The number of fused-ring (bicyclic) bond motifs is 1. The van der Waals surface area contributed by atoms with Crippen LogP contribution in [0.2, 0.25) is 0 Å². The highest BCUT2D eigenvalue weighted by molar-refractivity contribution is 5.94. The number of amides is 1. The summed E-state index contributed by atoms with van der Waals surface area (Å²) in [6.45, 7) is 0.801. The van der Waals surface area contributed by atoms with Gasteiger partial charge in [-0.25, -0.2) is 0 Å². The van der Waals surface area contributed by atoms with Crippen LogP contribution in [0.4, 0.5) is 13.2 Å². The highest BCUT2D eigenvalue weighted by Gasteiger charge is 2.31. The minimum Gasteiger partial charge on any atom is -0.371 e. The van der Waals surface area contributed by atoms with E-state index < -0.39 is 17.6 Å². The highest BCUT2D eigenvalue weighted by Crippen LogP contribution is 2.29. The van der Waals surface area contributed by atoms with Gasteiger partial charge in [0.1, 0.15) is 0 Å². The highest BCUT2D eigenvalue weighted by atomic mass is 19.4. The van der Waals surface area contributed by atoms with E-state index in [0.29, 0.717) is 19.6 Å². The Morgan fingerprint density at radius 3 is 2.60 bits per heavy atom. The number of likely N-dealkylation sites (N-methyl/N-ethyl adjacent to an activating group) is 1. The zero-order valence-electron chi connectivity index (χ0n) is 13.7. The van der Waals surface area contributed by atoms with E-state index in [9.17, 15) is 18.0 Å². The molecule has 0 bridgehead atoms. The van der Waals surface area contributed by atoms with Gasteiger partial charge in [0.05, 0.1) is 18.3 Å². The molecule has 2 aromatic rings. The number of benzene rings is 2. The van der Waals surface area contributed by atoms with Gasteiger partial charge in [-0.05, 0) is 29.3 Å². The van der Waals surface area contributed by atoms with Crippen molar-refractivity contribution in [1.29, 1.82) is 0 Å². The Labute approximate surface area is 144 Å². The molecule has 0 spiro atoms. The van der Waals surface area contributed by atoms with Crippen LogP contribution in [0.5, 0.6) is 0 Å². The van der Waals surface area contributed by atoms with Crippen molar-refractivity contribution in [1.82, 2.24) is 4.90 Å². The van der Waals surface area contributed by atoms with Gasteiger partial charge in [0.25, 0.3) is 5.91 Å². The molecule has 0 radical (unpaired) electrons. The van der Waals surface area contributed by atoms with Gasteiger partial charge in [0, 0.05) is 25.6 Å². The van der Waals surface area contributed by atoms with Gasteiger partial charge in [-0.3, -0.25) is 4.79 Å². The van der Waals surface area contributed by atoms with Crippen molar-refractivity contribution in [3.63, 3.8) is 0 Å². The summed E-state index contributed by atoms with van der Waals surface area (Å²) in [7, 11) is 1.58. The largest absolute Gasteiger partial charge is 0.416 e. The third-order valence-electron chi connectivity index (χ3n) is 4.30. The number of halogens is 3. The normalized spacial score (nSPS) is 17.0. The molecule has 1 aliphatic rings. The standard InChI is InChI=1S/C19H18F3NO2/c1-23(11-17-10-13-5-2-3-6-15(13)12-25-17)18(24)14-7-4-8-16(9-14)19(20,21)22/h2-9,17H,10-12H2,1H3. The van der Waals surface area contributed by atoms with Gasteiger partial charge >= 0.3 is 6.18 Å². The fourth-order valence-electron chi connectivity index (χ4n) is 2.96. The summed E-state index contributed by atoms with van der Waals surface area (Å²) in [5.74, 6) is -0.450. The molecule has 3 rings (SSSR count). The fraction of sp³-hybridized carbons (Fsp3) is 0.316. The molecule has 1 heterocycles. The van der Waals surface area contributed by atoms with Gasteiger partial charge in [-0.15, -0.1) is 0 Å². The van der Waals surface area contributed by atoms with Crippen LogP contribution in [0.1, 0.15) is 27.0 Å². The molecule has 6 heteroatoms. The second kappa shape index (κ2) is 6.88. The van der Waals surface area contributed by atoms with Crippen molar-refractivity contribution in [2.24, 2.45) is 0 Å². The summed E-state index contributed by atoms with van der Waals surface area (Å²) in [6, 6.07) is 12.4. The van der Waals surface area contributed by atoms with E-state index >= 15 is 0 Å². The Hall–Kier alpha value is -2.34. The molecule has 1 unspecified atom stereocenters. The van der Waals surface area contributed by atoms with E-state index in [1.54, 1.807) is 7.05 Å². The molecule has 2 aromatic carbocycles. The maximum Gasteiger partial charge on any atom is 0.416 e. The van der Waals surface area contributed by atoms with Gasteiger partial charge in [0.2, 0.25) is 0 Å². The lowest BCUT2D eigenvalue weighted by Gasteiger charge is -2.29. The predicted octanol–water partition coefficient (Wildman–Crippen LogP) is 3.92. The molecule has 0 N–H and O–H groups in total. The molecule has 0 aromatic heterocycles. The summed E-state index contributed by atoms with van der Waals surface area (Å²) < 4.78 is 44.2. The minimum absolute atomic E-state index is 0.0218. The molecule has 132 valence electrons. The molecule has 1 atom stereocenters. The second-order valence-corrected chi connectivity index (χ2v) is 6.17. The van der Waals surface area contributed by atoms with Crippen LogP contribution in [0.3, 0.4) is 0 Å². The molecular weight excluding hydrogens is 331 g/mol. The third kappa shape index (κ3) is 4.02. The summed E-state index contributed by atoms with van der Waals surface area (Å²) in [5.41, 5.74) is 1.51. The molecule has 0 aliphatic carbocycles. The zero-order chi connectivity index (χ0) is 18.0. The van der Waals surface area contributed by atoms with Crippen molar-refractivity contribution in [2.45, 2.75) is 25.3 Å². The first-order valence-electron chi connectivity index (χ1n) is 7.95. The van der Waals surface area contributed by atoms with Crippen molar-refractivity contribution in [3.8, 4) is 0 Å². The van der Waals surface area contributed by atoms with Crippen LogP contribution in [-0.2, 0) is 23.9 Å². The van der Waals surface area contributed by atoms with E-state index in [1.807, 2.05) is 24.3 Å². The van der Waals surface area contributed by atoms with Gasteiger partial charge in [-0.1, -0.05) is 30.3 Å². The molecule has 25 heavy (non-hydrogen) atoms. The molecule has 1 aliphatic heterocycles. The lowest BCUT2D eigenvalue weighted by Crippen LogP contribution is -2.38. The Bertz CT molecular complexity index is 773. The minimum atomic E-state index is -4.47. The zero-order valence-corrected chi connectivity index (χ0v) is 13.7. The third-order valence-corrected chi connectivity index (χ3v) is 4.30. The van der Waals surface area contributed by atoms with E-state index in [-0.39, 0.29) is 11.7 Å². The van der Waals surface area contributed by atoms with Crippen molar-refractivity contribution in [2.75, 3.05) is 13.6 Å². The molecule has 0 saturated heterocycles. The summed E-state index contributed by atoms with van der Waals surface area (Å²) in [5, 5.41) is 0. The number of hydrogen-bond donors (Lipinski definition) is 0. The van der Waals surface area contributed by atoms with Crippen molar-refractivity contribution >= 4 is 5.91 Å². The molecule has 3 nitrogen and oxygen atoms in total. The summed E-state index contributed by atoms with van der Waals surface area (Å²) >= 11 is 0. The maximum atomic E-state index is 12.8. The van der Waals surface area contributed by atoms with Crippen LogP contribution >= 0.6 is 0 Å². The first-order valence-corrected chi connectivity index (χ1v) is 7.95. The average Bonchev–Trinajstić information content (AvgIpc) is 2.60. The van der Waals surface area contributed by atoms with Crippen molar-refractivity contribution in [3.05, 3.63) is 70.8 Å². The molecule has 0 saturated carbocycles. The lowest BCUT2D eigenvalue weighted by atomic mass is 9.99. The van der Waals surface area contributed by atoms with Crippen LogP contribution < -0.4 is 0 Å². The number of carbonyl (C=O) groups is 1. The number of hydrogen-bond acceptors (Lipinski definition) is 2. The monoisotopic (exact) mass is 349 g/mol. The smallest absolute Gasteiger partial charge is 0.371 e. The van der Waals surface area contributed by atoms with Gasteiger partial charge in [0.15, 0.2) is 0 Å². The Balaban J connectivity index is 1.68. The summed E-state index contributed by atoms with van der Waals surface area (Å²) in [6.07, 6.45) is -3.96. The Kier molecular flexibility index (Phi) is 4.81. The topological polar surface area (TPSA) is 29.5 Å². The van der Waals surface area contributed by atoms with Gasteiger partial charge < -0.3 is 9.64 Å². The van der Waals surface area contributed by atoms with Gasteiger partial charge in [-0.2, -0.15) is 13.2 Å².